The molecule has 26 heavy (non-hydrogen) atoms. The average molecular weight is 369 g/mol. The number of nitrogens with zero attached hydrogens (tertiary/aromatic N) is 2. The van der Waals surface area contributed by atoms with E-state index in [4.69, 9.17) is 4.74 Å². The molecule has 5 nitrogen and oxygen atoms in total. The van der Waals surface area contributed by atoms with Crippen LogP contribution in [0.15, 0.2) is 48.7 Å². The van der Waals surface area contributed by atoms with Crippen LogP contribution < -0.4 is 0 Å². The Morgan fingerprint density at radius 1 is 1.19 bits per heavy atom. The second kappa shape index (κ2) is 7.43. The van der Waals surface area contributed by atoms with Crippen LogP contribution in [0, 0.1) is 0 Å². The number of hydrogen-bond donors (Lipinski definition) is 1. The van der Waals surface area contributed by atoms with Gasteiger partial charge in [-0.25, -0.2) is 9.48 Å². The molecule has 2 aromatic carbocycles. The van der Waals surface area contributed by atoms with Crippen molar-refractivity contribution < 1.29 is 14.6 Å². The number of carboxylic acid groups (broad SMARTS) is 1. The SMILES string of the molecule is C[Si](C)(C)CCOCn1ncc2cccc(-c3cccc(C(=O)O)c3)c21. The molecule has 0 fully saturated rings. The summed E-state index contributed by atoms with van der Waals surface area (Å²) >= 11 is 0. The Balaban J connectivity index is 1.91. The maximum Gasteiger partial charge on any atom is 0.335 e. The molecule has 1 aromatic heterocycles. The summed E-state index contributed by atoms with van der Waals surface area (Å²) in [6.45, 7) is 8.10. The third kappa shape index (κ3) is 4.20. The van der Waals surface area contributed by atoms with Crippen LogP contribution in [0.25, 0.3) is 22.0 Å². The van der Waals surface area contributed by atoms with Gasteiger partial charge in [-0.2, -0.15) is 5.10 Å². The van der Waals surface area contributed by atoms with E-state index >= 15 is 0 Å². The topological polar surface area (TPSA) is 64.4 Å². The molecule has 3 aromatic rings. The van der Waals surface area contributed by atoms with Crippen LogP contribution >= 0.6 is 0 Å². The molecular weight excluding hydrogens is 344 g/mol. The zero-order valence-electron chi connectivity index (χ0n) is 15.4. The molecule has 0 saturated carbocycles. The second-order valence-electron chi connectivity index (χ2n) is 7.62. The van der Waals surface area contributed by atoms with Crippen molar-refractivity contribution in [2.75, 3.05) is 6.61 Å². The number of carboxylic acids is 1. The molecule has 136 valence electrons. The van der Waals surface area contributed by atoms with E-state index in [9.17, 15) is 9.90 Å². The maximum absolute atomic E-state index is 11.3. The van der Waals surface area contributed by atoms with Gasteiger partial charge in [0.25, 0.3) is 0 Å². The minimum Gasteiger partial charge on any atom is -0.478 e. The Bertz CT molecular complexity index is 928. The molecule has 0 radical (unpaired) electrons. The first-order valence-corrected chi connectivity index (χ1v) is 12.4. The van der Waals surface area contributed by atoms with Crippen LogP contribution in [0.3, 0.4) is 0 Å². The van der Waals surface area contributed by atoms with Crippen LogP contribution in [0.4, 0.5) is 0 Å². The Labute approximate surface area is 154 Å². The summed E-state index contributed by atoms with van der Waals surface area (Å²) in [6, 6.07) is 14.1. The predicted octanol–water partition coefficient (Wildman–Crippen LogP) is 4.71. The minimum absolute atomic E-state index is 0.275. The number of aromatic carboxylic acids is 1. The molecule has 0 aliphatic heterocycles. The summed E-state index contributed by atoms with van der Waals surface area (Å²) in [5, 5.41) is 14.7. The molecule has 0 aliphatic rings. The van der Waals surface area contributed by atoms with Crippen molar-refractivity contribution in [1.29, 1.82) is 0 Å². The highest BCUT2D eigenvalue weighted by molar-refractivity contribution is 6.76. The molecule has 0 bridgehead atoms. The smallest absolute Gasteiger partial charge is 0.335 e. The molecule has 1 heterocycles. The molecule has 0 saturated heterocycles. The van der Waals surface area contributed by atoms with E-state index in [1.807, 2.05) is 35.1 Å². The first kappa shape index (κ1) is 18.4. The number of carbonyl (C=O) groups is 1. The largest absolute Gasteiger partial charge is 0.478 e. The first-order chi connectivity index (χ1) is 12.3. The van der Waals surface area contributed by atoms with Gasteiger partial charge in [-0.3, -0.25) is 0 Å². The lowest BCUT2D eigenvalue weighted by molar-refractivity contribution is 0.0697. The van der Waals surface area contributed by atoms with Gasteiger partial charge in [-0.15, -0.1) is 0 Å². The van der Waals surface area contributed by atoms with E-state index in [0.29, 0.717) is 6.73 Å². The maximum atomic E-state index is 11.3. The Kier molecular flexibility index (Phi) is 5.25. The quantitative estimate of drug-likeness (QED) is 0.484. The number of ether oxygens (including phenoxy) is 1. The summed E-state index contributed by atoms with van der Waals surface area (Å²) in [5.41, 5.74) is 3.05. The lowest BCUT2D eigenvalue weighted by atomic mass is 10.0. The van der Waals surface area contributed by atoms with Crippen molar-refractivity contribution in [2.45, 2.75) is 32.4 Å². The molecule has 1 N–H and O–H groups in total. The first-order valence-electron chi connectivity index (χ1n) is 8.71. The molecule has 0 atom stereocenters. The molecule has 0 unspecified atom stereocenters. The van der Waals surface area contributed by atoms with Gasteiger partial charge < -0.3 is 9.84 Å². The highest BCUT2D eigenvalue weighted by Crippen LogP contribution is 2.29. The fourth-order valence-electron chi connectivity index (χ4n) is 2.82. The van der Waals surface area contributed by atoms with Crippen LogP contribution in [0.2, 0.25) is 25.7 Å². The number of fused-ring (bicyclic) bond motifs is 1. The zero-order valence-corrected chi connectivity index (χ0v) is 16.4. The van der Waals surface area contributed by atoms with Crippen molar-refractivity contribution in [3.05, 3.63) is 54.2 Å². The van der Waals surface area contributed by atoms with E-state index in [2.05, 4.69) is 24.7 Å². The van der Waals surface area contributed by atoms with Gasteiger partial charge in [-0.05, 0) is 23.7 Å². The van der Waals surface area contributed by atoms with Crippen molar-refractivity contribution in [2.24, 2.45) is 0 Å². The number of para-hydroxylation sites is 1. The summed E-state index contributed by atoms with van der Waals surface area (Å²) in [6.07, 6.45) is 1.82. The monoisotopic (exact) mass is 368 g/mol. The predicted molar refractivity (Wildman–Crippen MR) is 106 cm³/mol. The highest BCUT2D eigenvalue weighted by Gasteiger charge is 2.14. The summed E-state index contributed by atoms with van der Waals surface area (Å²) in [4.78, 5) is 11.3. The van der Waals surface area contributed by atoms with E-state index < -0.39 is 14.0 Å². The Morgan fingerprint density at radius 2 is 1.96 bits per heavy atom. The number of rotatable bonds is 7. The van der Waals surface area contributed by atoms with Crippen LogP contribution in [0.5, 0.6) is 0 Å². The summed E-state index contributed by atoms with van der Waals surface area (Å²) in [5.74, 6) is -0.929. The lowest BCUT2D eigenvalue weighted by Gasteiger charge is -2.16. The van der Waals surface area contributed by atoms with Gasteiger partial charge in [0.15, 0.2) is 0 Å². The van der Waals surface area contributed by atoms with Gasteiger partial charge in [0.05, 0.1) is 17.3 Å². The van der Waals surface area contributed by atoms with Crippen molar-refractivity contribution in [3.8, 4) is 11.1 Å². The number of hydrogen-bond acceptors (Lipinski definition) is 3. The van der Waals surface area contributed by atoms with Crippen molar-refractivity contribution in [3.63, 3.8) is 0 Å². The third-order valence-electron chi connectivity index (χ3n) is 4.29. The zero-order chi connectivity index (χ0) is 18.7. The average Bonchev–Trinajstić information content (AvgIpc) is 3.01. The van der Waals surface area contributed by atoms with E-state index in [1.165, 1.54) is 0 Å². The fraction of sp³-hybridized carbons (Fsp3) is 0.300. The molecular formula is C20H24N2O3Si. The fourth-order valence-corrected chi connectivity index (χ4v) is 3.58. The van der Waals surface area contributed by atoms with Crippen LogP contribution in [0.1, 0.15) is 10.4 Å². The van der Waals surface area contributed by atoms with Crippen LogP contribution in [-0.2, 0) is 11.5 Å². The molecule has 0 aliphatic carbocycles. The molecule has 3 rings (SSSR count). The van der Waals surface area contributed by atoms with Gasteiger partial charge >= 0.3 is 5.97 Å². The Morgan fingerprint density at radius 3 is 2.69 bits per heavy atom. The van der Waals surface area contributed by atoms with Crippen LogP contribution in [-0.4, -0.2) is 35.5 Å². The second-order valence-corrected chi connectivity index (χ2v) is 13.2. The van der Waals surface area contributed by atoms with E-state index in [0.717, 1.165) is 34.7 Å². The number of aromatic nitrogens is 2. The van der Waals surface area contributed by atoms with E-state index in [1.54, 1.807) is 18.2 Å². The lowest BCUT2D eigenvalue weighted by Crippen LogP contribution is -2.22. The molecule has 6 heteroatoms. The van der Waals surface area contributed by atoms with Gasteiger partial charge in [0, 0.05) is 25.6 Å². The van der Waals surface area contributed by atoms with Gasteiger partial charge in [0.2, 0.25) is 0 Å². The number of benzene rings is 2. The normalized spacial score (nSPS) is 11.8. The molecule has 0 spiro atoms. The molecule has 0 amide bonds. The highest BCUT2D eigenvalue weighted by atomic mass is 28.3. The van der Waals surface area contributed by atoms with Gasteiger partial charge in [-0.1, -0.05) is 50.0 Å². The summed E-state index contributed by atoms with van der Waals surface area (Å²) < 4.78 is 7.71. The van der Waals surface area contributed by atoms with Crippen molar-refractivity contribution in [1.82, 2.24) is 9.78 Å². The van der Waals surface area contributed by atoms with Gasteiger partial charge in [0.1, 0.15) is 6.73 Å². The summed E-state index contributed by atoms with van der Waals surface area (Å²) in [7, 11) is -1.12. The minimum atomic E-state index is -1.12. The van der Waals surface area contributed by atoms with Crippen molar-refractivity contribution >= 4 is 24.9 Å². The Hall–Kier alpha value is -2.44. The standard InChI is InChI=1S/C20H24N2O3Si/c1-26(2,3)11-10-25-14-22-19-17(13-21-22)8-5-9-18(19)15-6-4-7-16(12-15)20(23)24/h4-9,12-13H,10-11,14H2,1-3H3,(H,23,24). The van der Waals surface area contributed by atoms with E-state index in [-0.39, 0.29) is 5.56 Å². The third-order valence-corrected chi connectivity index (χ3v) is 6.00.